The van der Waals surface area contributed by atoms with Crippen LogP contribution in [0, 0.1) is 11.7 Å². The molecule has 1 aliphatic heterocycles. The van der Waals surface area contributed by atoms with Crippen molar-refractivity contribution in [1.82, 2.24) is 15.3 Å². The highest BCUT2D eigenvalue weighted by molar-refractivity contribution is 8.00. The number of nitrogens with one attached hydrogen (secondary N) is 2. The van der Waals surface area contributed by atoms with E-state index in [0.29, 0.717) is 47.8 Å². The normalized spacial score (nSPS) is 20.8. The van der Waals surface area contributed by atoms with Gasteiger partial charge in [0, 0.05) is 29.6 Å². The Bertz CT molecular complexity index is 1230. The number of aromatic nitrogens is 2. The van der Waals surface area contributed by atoms with Crippen molar-refractivity contribution in [3.05, 3.63) is 53.6 Å². The molecule has 1 fully saturated rings. The van der Waals surface area contributed by atoms with Crippen molar-refractivity contribution in [3.63, 3.8) is 0 Å². The molecule has 1 aliphatic carbocycles. The summed E-state index contributed by atoms with van der Waals surface area (Å²) < 4.78 is 20.1. The Labute approximate surface area is 208 Å². The molecule has 0 radical (unpaired) electrons. The van der Waals surface area contributed by atoms with Gasteiger partial charge in [-0.05, 0) is 68.4 Å². The monoisotopic (exact) mass is 495 g/mol. The third-order valence-corrected chi connectivity index (χ3v) is 8.10. The van der Waals surface area contributed by atoms with E-state index in [-0.39, 0.29) is 17.8 Å². The molecule has 3 heterocycles. The molecule has 184 valence electrons. The Balaban J connectivity index is 1.16. The summed E-state index contributed by atoms with van der Waals surface area (Å²) in [6, 6.07) is 9.84. The van der Waals surface area contributed by atoms with E-state index in [1.807, 2.05) is 30.3 Å². The number of amides is 1. The quantitative estimate of drug-likeness (QED) is 0.455. The zero-order valence-electron chi connectivity index (χ0n) is 19.7. The molecule has 5 rings (SSSR count). The molecule has 3 aromatic rings. The van der Waals surface area contributed by atoms with E-state index >= 15 is 0 Å². The first-order valence-electron chi connectivity index (χ1n) is 12.0. The summed E-state index contributed by atoms with van der Waals surface area (Å²) in [5.74, 6) is 1.80. The number of carbonyl (C=O) groups is 1. The zero-order chi connectivity index (χ0) is 24.4. The van der Waals surface area contributed by atoms with Crippen LogP contribution in [0.4, 0.5) is 10.2 Å². The standard InChI is InChI=1S/C26H30FN5O2S/c1-34-18-7-8-23-20(10-18)19(21(27)13-30-23)11-22(28)15-2-4-16(5-3-15)29-12-17-6-9-24-26(31-17)32-25(33)14-35-24/h6-10,13,15-16,22,29H,2-5,11-12,14,28H2,1H3,(H,31,32,33)/t15-,16+,22-/m1/s1. The molecule has 0 saturated heterocycles. The highest BCUT2D eigenvalue weighted by atomic mass is 32.2. The van der Waals surface area contributed by atoms with Crippen LogP contribution < -0.4 is 21.1 Å². The summed E-state index contributed by atoms with van der Waals surface area (Å²) in [6.45, 7) is 0.658. The van der Waals surface area contributed by atoms with Crippen LogP contribution in [0.1, 0.15) is 36.9 Å². The molecule has 1 amide bonds. The lowest BCUT2D eigenvalue weighted by Gasteiger charge is -2.33. The summed E-state index contributed by atoms with van der Waals surface area (Å²) in [4.78, 5) is 21.5. The number of methoxy groups -OCH3 is 1. The number of benzene rings is 1. The maximum Gasteiger partial charge on any atom is 0.235 e. The van der Waals surface area contributed by atoms with E-state index in [1.54, 1.807) is 7.11 Å². The summed E-state index contributed by atoms with van der Waals surface area (Å²) in [6.07, 6.45) is 5.79. The van der Waals surface area contributed by atoms with Crippen LogP contribution in [-0.2, 0) is 17.8 Å². The minimum Gasteiger partial charge on any atom is -0.497 e. The van der Waals surface area contributed by atoms with Crippen LogP contribution in [0.25, 0.3) is 10.9 Å². The molecule has 9 heteroatoms. The van der Waals surface area contributed by atoms with Gasteiger partial charge in [-0.2, -0.15) is 0 Å². The van der Waals surface area contributed by atoms with E-state index in [2.05, 4.69) is 20.6 Å². The summed E-state index contributed by atoms with van der Waals surface area (Å²) >= 11 is 1.52. The highest BCUT2D eigenvalue weighted by Gasteiger charge is 2.27. The molecule has 2 aromatic heterocycles. The number of nitrogens with zero attached hydrogens (tertiary/aromatic N) is 2. The molecule has 1 aromatic carbocycles. The van der Waals surface area contributed by atoms with Gasteiger partial charge in [0.25, 0.3) is 0 Å². The molecule has 4 N–H and O–H groups in total. The lowest BCUT2D eigenvalue weighted by Crippen LogP contribution is -2.39. The highest BCUT2D eigenvalue weighted by Crippen LogP contribution is 2.32. The number of halogens is 1. The lowest BCUT2D eigenvalue weighted by molar-refractivity contribution is -0.113. The van der Waals surface area contributed by atoms with Gasteiger partial charge in [-0.15, -0.1) is 11.8 Å². The zero-order valence-corrected chi connectivity index (χ0v) is 20.5. The average Bonchev–Trinajstić information content (AvgIpc) is 2.88. The molecular formula is C26H30FN5O2S. The van der Waals surface area contributed by atoms with E-state index in [4.69, 9.17) is 10.5 Å². The van der Waals surface area contributed by atoms with Gasteiger partial charge in [-0.3, -0.25) is 9.78 Å². The van der Waals surface area contributed by atoms with E-state index in [9.17, 15) is 9.18 Å². The van der Waals surface area contributed by atoms with E-state index < -0.39 is 0 Å². The SMILES string of the molecule is COc1ccc2ncc(F)c(C[C@@H](N)[C@H]3CC[C@@H](NCc4ccc5c(n4)NC(=O)CS5)CC3)c2c1. The molecule has 0 unspecified atom stereocenters. The van der Waals surface area contributed by atoms with Crippen molar-refractivity contribution < 1.29 is 13.9 Å². The van der Waals surface area contributed by atoms with Crippen molar-refractivity contribution in [2.75, 3.05) is 18.2 Å². The molecule has 7 nitrogen and oxygen atoms in total. The topological polar surface area (TPSA) is 102 Å². The Morgan fingerprint density at radius 2 is 2.09 bits per heavy atom. The lowest BCUT2D eigenvalue weighted by atomic mass is 9.79. The van der Waals surface area contributed by atoms with Gasteiger partial charge in [0.05, 0.1) is 35.2 Å². The van der Waals surface area contributed by atoms with E-state index in [0.717, 1.165) is 47.2 Å². The largest absolute Gasteiger partial charge is 0.497 e. The number of anilines is 1. The number of carbonyl (C=O) groups excluding carboxylic acids is 1. The number of ether oxygens (including phenoxy) is 1. The van der Waals surface area contributed by atoms with Crippen molar-refractivity contribution in [3.8, 4) is 5.75 Å². The Hall–Kier alpha value is -2.75. The molecule has 35 heavy (non-hydrogen) atoms. The Kier molecular flexibility index (Phi) is 7.17. The van der Waals surface area contributed by atoms with Crippen LogP contribution in [0.3, 0.4) is 0 Å². The maximum atomic E-state index is 14.7. The van der Waals surface area contributed by atoms with Crippen molar-refractivity contribution >= 4 is 34.4 Å². The molecule has 0 spiro atoms. The number of hydrogen-bond donors (Lipinski definition) is 3. The summed E-state index contributed by atoms with van der Waals surface area (Å²) in [5.41, 5.74) is 8.89. The van der Waals surface area contributed by atoms with Crippen molar-refractivity contribution in [2.24, 2.45) is 11.7 Å². The number of hydrogen-bond acceptors (Lipinski definition) is 7. The van der Waals surface area contributed by atoms with Crippen LogP contribution in [-0.4, -0.2) is 40.8 Å². The predicted octanol–water partition coefficient (Wildman–Crippen LogP) is 4.04. The second-order valence-corrected chi connectivity index (χ2v) is 10.3. The van der Waals surface area contributed by atoms with Crippen LogP contribution >= 0.6 is 11.8 Å². The van der Waals surface area contributed by atoms with Gasteiger partial charge in [0.2, 0.25) is 5.91 Å². The molecule has 2 aliphatic rings. The van der Waals surface area contributed by atoms with Gasteiger partial charge in [-0.25, -0.2) is 9.37 Å². The second kappa shape index (κ2) is 10.5. The van der Waals surface area contributed by atoms with Gasteiger partial charge in [-0.1, -0.05) is 0 Å². The summed E-state index contributed by atoms with van der Waals surface area (Å²) in [5, 5.41) is 7.22. The van der Waals surface area contributed by atoms with Crippen molar-refractivity contribution in [1.29, 1.82) is 0 Å². The minimum absolute atomic E-state index is 0.00597. The third kappa shape index (κ3) is 5.42. The molecular weight excluding hydrogens is 465 g/mol. The van der Waals surface area contributed by atoms with Gasteiger partial charge in [0.1, 0.15) is 17.4 Å². The number of fused-ring (bicyclic) bond motifs is 2. The fourth-order valence-corrected chi connectivity index (χ4v) is 5.80. The first-order valence-corrected chi connectivity index (χ1v) is 13.0. The van der Waals surface area contributed by atoms with Crippen LogP contribution in [0.15, 0.2) is 41.4 Å². The summed E-state index contributed by atoms with van der Waals surface area (Å²) in [7, 11) is 1.60. The Morgan fingerprint density at radius 3 is 2.89 bits per heavy atom. The molecule has 1 atom stereocenters. The van der Waals surface area contributed by atoms with Crippen LogP contribution in [0.2, 0.25) is 0 Å². The second-order valence-electron chi connectivity index (χ2n) is 9.31. The molecule has 0 bridgehead atoms. The number of pyridine rings is 2. The average molecular weight is 496 g/mol. The number of nitrogens with two attached hydrogens (primary N) is 1. The molecule has 1 saturated carbocycles. The predicted molar refractivity (Wildman–Crippen MR) is 136 cm³/mol. The van der Waals surface area contributed by atoms with Crippen LogP contribution in [0.5, 0.6) is 5.75 Å². The Morgan fingerprint density at radius 1 is 1.26 bits per heavy atom. The third-order valence-electron chi connectivity index (χ3n) is 7.06. The first-order chi connectivity index (χ1) is 17.0. The fraction of sp³-hybridized carbons (Fsp3) is 0.423. The van der Waals surface area contributed by atoms with E-state index in [1.165, 1.54) is 18.0 Å². The fourth-order valence-electron chi connectivity index (χ4n) is 5.04. The van der Waals surface area contributed by atoms with Gasteiger partial charge < -0.3 is 21.1 Å². The maximum absolute atomic E-state index is 14.7. The minimum atomic E-state index is -0.316. The van der Waals surface area contributed by atoms with Gasteiger partial charge >= 0.3 is 0 Å². The van der Waals surface area contributed by atoms with Crippen molar-refractivity contribution in [2.45, 2.75) is 55.6 Å². The first kappa shape index (κ1) is 24.0. The smallest absolute Gasteiger partial charge is 0.235 e. The number of thioether (sulfide) groups is 1. The van der Waals surface area contributed by atoms with Gasteiger partial charge in [0.15, 0.2) is 0 Å². The number of rotatable bonds is 7.